The van der Waals surface area contributed by atoms with Crippen LogP contribution in [0.5, 0.6) is 11.5 Å². The van der Waals surface area contributed by atoms with Crippen molar-refractivity contribution in [3.8, 4) is 11.5 Å². The molecule has 0 bridgehead atoms. The summed E-state index contributed by atoms with van der Waals surface area (Å²) in [6.45, 7) is 3.13. The number of hydrogen-bond acceptors (Lipinski definition) is 4. The van der Waals surface area contributed by atoms with Gasteiger partial charge in [-0.15, -0.1) is 12.4 Å². The Kier molecular flexibility index (Phi) is 7.70. The Balaban J connectivity index is 0.00000256. The van der Waals surface area contributed by atoms with E-state index in [4.69, 9.17) is 20.9 Å². The van der Waals surface area contributed by atoms with Gasteiger partial charge in [-0.25, -0.2) is 0 Å². The van der Waals surface area contributed by atoms with Gasteiger partial charge >= 0.3 is 0 Å². The Morgan fingerprint density at radius 2 is 2.00 bits per heavy atom. The van der Waals surface area contributed by atoms with Gasteiger partial charge in [0, 0.05) is 6.04 Å². The van der Waals surface area contributed by atoms with Gasteiger partial charge in [0.25, 0.3) is 0 Å². The first-order chi connectivity index (χ1) is 7.72. The van der Waals surface area contributed by atoms with Crippen LogP contribution in [0.1, 0.15) is 24.9 Å². The van der Waals surface area contributed by atoms with Crippen LogP contribution in [0, 0.1) is 0 Å². The zero-order valence-corrected chi connectivity index (χ0v) is 11.1. The average Bonchev–Trinajstić information content (AvgIpc) is 2.30. The second-order valence-electron chi connectivity index (χ2n) is 3.53. The predicted molar refractivity (Wildman–Crippen MR) is 72.0 cm³/mol. The van der Waals surface area contributed by atoms with Crippen molar-refractivity contribution in [3.63, 3.8) is 0 Å². The van der Waals surface area contributed by atoms with E-state index in [1.165, 1.54) is 0 Å². The van der Waals surface area contributed by atoms with Crippen molar-refractivity contribution in [2.45, 2.75) is 19.4 Å². The first-order valence-corrected chi connectivity index (χ1v) is 5.49. The summed E-state index contributed by atoms with van der Waals surface area (Å²) in [6.07, 6.45) is 0.761. The largest absolute Gasteiger partial charge is 0.493 e. The molecule has 0 fully saturated rings. The number of halogens is 1. The second kappa shape index (κ2) is 8.17. The van der Waals surface area contributed by atoms with E-state index in [9.17, 15) is 0 Å². The summed E-state index contributed by atoms with van der Waals surface area (Å²) in [5.74, 6) is 1.46. The molecule has 4 N–H and O–H groups in total. The van der Waals surface area contributed by atoms with E-state index < -0.39 is 0 Å². The smallest absolute Gasteiger partial charge is 0.161 e. The molecule has 5 heteroatoms. The van der Waals surface area contributed by atoms with Crippen molar-refractivity contribution in [3.05, 3.63) is 23.8 Å². The molecule has 0 saturated carbocycles. The van der Waals surface area contributed by atoms with Gasteiger partial charge in [-0.05, 0) is 37.6 Å². The van der Waals surface area contributed by atoms with Crippen molar-refractivity contribution in [1.82, 2.24) is 0 Å². The summed E-state index contributed by atoms with van der Waals surface area (Å²) in [5, 5.41) is 0. The highest BCUT2D eigenvalue weighted by Gasteiger charge is 2.09. The highest BCUT2D eigenvalue weighted by atomic mass is 35.5. The third-order valence-corrected chi connectivity index (χ3v) is 2.39. The minimum atomic E-state index is -0.0467. The SMILES string of the molecule is CCOc1ccc([C@H](N)CCN)cc1OC.Cl. The number of nitrogens with two attached hydrogens (primary N) is 2. The third kappa shape index (κ3) is 4.42. The van der Waals surface area contributed by atoms with E-state index >= 15 is 0 Å². The van der Waals surface area contributed by atoms with Crippen LogP contribution in [-0.2, 0) is 0 Å². The lowest BCUT2D eigenvalue weighted by Gasteiger charge is -2.14. The Labute approximate surface area is 109 Å². The first kappa shape index (κ1) is 16.0. The zero-order chi connectivity index (χ0) is 12.0. The molecule has 1 aromatic rings. The summed E-state index contributed by atoms with van der Waals surface area (Å²) < 4.78 is 10.7. The quantitative estimate of drug-likeness (QED) is 0.819. The van der Waals surface area contributed by atoms with E-state index in [1.54, 1.807) is 7.11 Å². The van der Waals surface area contributed by atoms with Crippen molar-refractivity contribution in [2.75, 3.05) is 20.3 Å². The Hall–Kier alpha value is -0.970. The van der Waals surface area contributed by atoms with Crippen molar-refractivity contribution in [1.29, 1.82) is 0 Å². The summed E-state index contributed by atoms with van der Waals surface area (Å²) in [4.78, 5) is 0. The lowest BCUT2D eigenvalue weighted by atomic mass is 10.0. The molecule has 0 amide bonds. The lowest BCUT2D eigenvalue weighted by molar-refractivity contribution is 0.310. The van der Waals surface area contributed by atoms with E-state index in [-0.39, 0.29) is 18.4 Å². The molecule has 0 spiro atoms. The number of ether oxygens (including phenoxy) is 2. The summed E-state index contributed by atoms with van der Waals surface area (Å²) in [7, 11) is 1.62. The van der Waals surface area contributed by atoms with Crippen molar-refractivity contribution >= 4 is 12.4 Å². The fourth-order valence-corrected chi connectivity index (χ4v) is 1.54. The van der Waals surface area contributed by atoms with E-state index in [2.05, 4.69) is 0 Å². The molecular weight excluding hydrogens is 240 g/mol. The summed E-state index contributed by atoms with van der Waals surface area (Å²) >= 11 is 0. The molecule has 0 aliphatic rings. The molecule has 17 heavy (non-hydrogen) atoms. The Bertz CT molecular complexity index is 334. The van der Waals surface area contributed by atoms with Gasteiger partial charge < -0.3 is 20.9 Å². The van der Waals surface area contributed by atoms with Crippen LogP contribution in [0.3, 0.4) is 0 Å². The zero-order valence-electron chi connectivity index (χ0n) is 10.3. The molecule has 0 heterocycles. The molecule has 4 nitrogen and oxygen atoms in total. The number of rotatable bonds is 6. The van der Waals surface area contributed by atoms with E-state index in [1.807, 2.05) is 25.1 Å². The van der Waals surface area contributed by atoms with Gasteiger partial charge in [-0.1, -0.05) is 6.07 Å². The molecule has 1 atom stereocenters. The first-order valence-electron chi connectivity index (χ1n) is 5.49. The molecule has 0 aliphatic heterocycles. The van der Waals surface area contributed by atoms with Crippen LogP contribution < -0.4 is 20.9 Å². The Morgan fingerprint density at radius 1 is 1.29 bits per heavy atom. The summed E-state index contributed by atoms with van der Waals surface area (Å²) in [5.41, 5.74) is 12.5. The molecule has 1 rings (SSSR count). The van der Waals surface area contributed by atoms with Crippen molar-refractivity contribution in [2.24, 2.45) is 11.5 Å². The maximum Gasteiger partial charge on any atom is 0.161 e. The molecular formula is C12H21ClN2O2. The van der Waals surface area contributed by atoms with Gasteiger partial charge in [-0.2, -0.15) is 0 Å². The van der Waals surface area contributed by atoms with Crippen LogP contribution in [0.4, 0.5) is 0 Å². The van der Waals surface area contributed by atoms with Crippen LogP contribution in [0.25, 0.3) is 0 Å². The third-order valence-electron chi connectivity index (χ3n) is 2.39. The standard InChI is InChI=1S/C12H20N2O2.ClH/c1-3-16-11-5-4-9(8-12(11)15-2)10(14)6-7-13;/h4-5,8,10H,3,6-7,13-14H2,1-2H3;1H/t10-;/m1./s1. The van der Waals surface area contributed by atoms with Gasteiger partial charge in [-0.3, -0.25) is 0 Å². The fraction of sp³-hybridized carbons (Fsp3) is 0.500. The van der Waals surface area contributed by atoms with E-state index in [0.29, 0.717) is 18.9 Å². The monoisotopic (exact) mass is 260 g/mol. The normalized spacial score (nSPS) is 11.5. The predicted octanol–water partition coefficient (Wildman–Crippen LogP) is 1.86. The van der Waals surface area contributed by atoms with Crippen molar-refractivity contribution < 1.29 is 9.47 Å². The lowest BCUT2D eigenvalue weighted by Crippen LogP contribution is -2.15. The minimum absolute atomic E-state index is 0. The molecule has 0 saturated heterocycles. The van der Waals surface area contributed by atoms with E-state index in [0.717, 1.165) is 17.7 Å². The molecule has 1 aromatic carbocycles. The summed E-state index contributed by atoms with van der Waals surface area (Å²) in [6, 6.07) is 5.70. The number of methoxy groups -OCH3 is 1. The van der Waals surface area contributed by atoms with Crippen LogP contribution in [-0.4, -0.2) is 20.3 Å². The second-order valence-corrected chi connectivity index (χ2v) is 3.53. The topological polar surface area (TPSA) is 70.5 Å². The maximum atomic E-state index is 5.98. The molecule has 0 aliphatic carbocycles. The number of benzene rings is 1. The number of hydrogen-bond donors (Lipinski definition) is 2. The molecule has 98 valence electrons. The van der Waals surface area contributed by atoms with Crippen LogP contribution >= 0.6 is 12.4 Å². The maximum absolute atomic E-state index is 5.98. The average molecular weight is 261 g/mol. The molecule has 0 radical (unpaired) electrons. The van der Waals surface area contributed by atoms with Gasteiger partial charge in [0.15, 0.2) is 11.5 Å². The molecule has 0 unspecified atom stereocenters. The fourth-order valence-electron chi connectivity index (χ4n) is 1.54. The van der Waals surface area contributed by atoms with Crippen LogP contribution in [0.2, 0.25) is 0 Å². The van der Waals surface area contributed by atoms with Crippen LogP contribution in [0.15, 0.2) is 18.2 Å². The minimum Gasteiger partial charge on any atom is -0.493 e. The Morgan fingerprint density at radius 3 is 2.53 bits per heavy atom. The van der Waals surface area contributed by atoms with Gasteiger partial charge in [0.05, 0.1) is 13.7 Å². The van der Waals surface area contributed by atoms with Gasteiger partial charge in [0.1, 0.15) is 0 Å². The molecule has 0 aromatic heterocycles. The van der Waals surface area contributed by atoms with Gasteiger partial charge in [0.2, 0.25) is 0 Å². The highest BCUT2D eigenvalue weighted by molar-refractivity contribution is 5.85. The highest BCUT2D eigenvalue weighted by Crippen LogP contribution is 2.30.